The molecule has 0 aliphatic carbocycles. The van der Waals surface area contributed by atoms with Gasteiger partial charge in [0.25, 0.3) is 5.91 Å². The summed E-state index contributed by atoms with van der Waals surface area (Å²) in [6.07, 6.45) is 2.38. The van der Waals surface area contributed by atoms with Crippen molar-refractivity contribution in [2.45, 2.75) is 19.4 Å². The molecule has 0 spiro atoms. The molecule has 2 heterocycles. The van der Waals surface area contributed by atoms with Gasteiger partial charge < -0.3 is 9.88 Å². The first-order valence-corrected chi connectivity index (χ1v) is 8.68. The maximum absolute atomic E-state index is 13.8. The first kappa shape index (κ1) is 16.0. The van der Waals surface area contributed by atoms with Crippen molar-refractivity contribution in [1.29, 1.82) is 0 Å². The van der Waals surface area contributed by atoms with Gasteiger partial charge in [0.2, 0.25) is 5.43 Å². The van der Waals surface area contributed by atoms with E-state index in [1.54, 1.807) is 18.3 Å². The second kappa shape index (κ2) is 5.81. The summed E-state index contributed by atoms with van der Waals surface area (Å²) in [6, 6.07) is 9.76. The summed E-state index contributed by atoms with van der Waals surface area (Å²) < 4.78 is 16.5. The Kier molecular flexibility index (Phi) is 3.72. The number of nitrogens with one attached hydrogen (secondary N) is 1. The average Bonchev–Trinajstić information content (AvgIpc) is 2.88. The molecule has 6 heteroatoms. The van der Waals surface area contributed by atoms with Crippen LogP contribution in [0.2, 0.25) is 0 Å². The summed E-state index contributed by atoms with van der Waals surface area (Å²) in [5.74, 6) is -1.15. The molecule has 0 bridgehead atoms. The van der Waals surface area contributed by atoms with Gasteiger partial charge in [-0.3, -0.25) is 9.59 Å². The third-order valence-electron chi connectivity index (χ3n) is 4.53. The number of carbonyl (C=O) groups is 1. The highest BCUT2D eigenvalue weighted by molar-refractivity contribution is 9.10. The van der Waals surface area contributed by atoms with Gasteiger partial charge in [0.05, 0.1) is 11.2 Å². The van der Waals surface area contributed by atoms with Gasteiger partial charge in [0, 0.05) is 22.1 Å². The lowest BCUT2D eigenvalue weighted by molar-refractivity contribution is 0.102. The van der Waals surface area contributed by atoms with E-state index in [0.717, 1.165) is 22.0 Å². The summed E-state index contributed by atoms with van der Waals surface area (Å²) in [5, 5.41) is 2.99. The third-order valence-corrected chi connectivity index (χ3v) is 4.98. The predicted molar refractivity (Wildman–Crippen MR) is 98.7 cm³/mol. The molecule has 1 amide bonds. The van der Waals surface area contributed by atoms with Crippen molar-refractivity contribution in [2.24, 2.45) is 0 Å². The van der Waals surface area contributed by atoms with Crippen LogP contribution in [0.15, 0.2) is 51.9 Å². The van der Waals surface area contributed by atoms with E-state index in [4.69, 9.17) is 0 Å². The average molecular weight is 401 g/mol. The van der Waals surface area contributed by atoms with Crippen LogP contribution in [0.4, 0.5) is 10.1 Å². The number of halogens is 2. The van der Waals surface area contributed by atoms with Gasteiger partial charge in [-0.2, -0.15) is 0 Å². The first-order valence-electron chi connectivity index (χ1n) is 7.89. The minimum Gasteiger partial charge on any atom is -0.343 e. The van der Waals surface area contributed by atoms with Crippen LogP contribution in [0.3, 0.4) is 0 Å². The van der Waals surface area contributed by atoms with Gasteiger partial charge in [0.15, 0.2) is 0 Å². The second-order valence-electron chi connectivity index (χ2n) is 6.23. The predicted octanol–water partition coefficient (Wildman–Crippen LogP) is 4.27. The van der Waals surface area contributed by atoms with E-state index in [2.05, 4.69) is 21.2 Å². The smallest absolute Gasteiger partial charge is 0.261 e. The lowest BCUT2D eigenvalue weighted by atomic mass is 10.1. The SMILES string of the molecule is C[C@@H]1Cc2cc(Br)cc3c(=O)c(C(=O)Nc4ccccc4F)cn1c23. The van der Waals surface area contributed by atoms with Gasteiger partial charge in [-0.1, -0.05) is 28.1 Å². The summed E-state index contributed by atoms with van der Waals surface area (Å²) in [4.78, 5) is 25.5. The number of carbonyl (C=O) groups excluding carboxylic acids is 1. The highest BCUT2D eigenvalue weighted by atomic mass is 79.9. The number of nitrogens with zero attached hydrogens (tertiary/aromatic N) is 1. The van der Waals surface area contributed by atoms with Crippen molar-refractivity contribution in [1.82, 2.24) is 4.57 Å². The highest BCUT2D eigenvalue weighted by Crippen LogP contribution is 2.33. The summed E-state index contributed by atoms with van der Waals surface area (Å²) in [6.45, 7) is 2.04. The number of pyridine rings is 1. The van der Waals surface area contributed by atoms with Crippen molar-refractivity contribution in [3.05, 3.63) is 74.2 Å². The van der Waals surface area contributed by atoms with Gasteiger partial charge in [-0.25, -0.2) is 4.39 Å². The minimum absolute atomic E-state index is 0.00792. The fourth-order valence-corrected chi connectivity index (χ4v) is 3.88. The molecule has 4 rings (SSSR count). The topological polar surface area (TPSA) is 51.1 Å². The van der Waals surface area contributed by atoms with Crippen LogP contribution >= 0.6 is 15.9 Å². The van der Waals surface area contributed by atoms with E-state index >= 15 is 0 Å². The van der Waals surface area contributed by atoms with Crippen molar-refractivity contribution >= 4 is 38.4 Å². The minimum atomic E-state index is -0.610. The molecule has 2 aromatic carbocycles. The first-order chi connectivity index (χ1) is 12.0. The standard InChI is InChI=1S/C19H14BrFN2O2/c1-10-6-11-7-12(20)8-13-17(11)23(10)9-14(18(13)24)19(25)22-16-5-3-2-4-15(16)21/h2-5,7-10H,6H2,1H3,(H,22,25)/t10-/m1/s1. The van der Waals surface area contributed by atoms with Gasteiger partial charge in [-0.15, -0.1) is 0 Å². The van der Waals surface area contributed by atoms with E-state index in [9.17, 15) is 14.0 Å². The van der Waals surface area contributed by atoms with Crippen molar-refractivity contribution in [3.8, 4) is 0 Å². The Morgan fingerprint density at radius 2 is 2.08 bits per heavy atom. The largest absolute Gasteiger partial charge is 0.343 e. The Morgan fingerprint density at radius 1 is 1.32 bits per heavy atom. The van der Waals surface area contributed by atoms with E-state index < -0.39 is 11.7 Å². The van der Waals surface area contributed by atoms with Gasteiger partial charge in [0.1, 0.15) is 11.4 Å². The normalized spacial score (nSPS) is 15.6. The molecule has 3 aromatic rings. The van der Waals surface area contributed by atoms with Crippen LogP contribution < -0.4 is 10.7 Å². The zero-order chi connectivity index (χ0) is 17.7. The lowest BCUT2D eigenvalue weighted by Gasteiger charge is -2.13. The number of hydrogen-bond donors (Lipinski definition) is 1. The van der Waals surface area contributed by atoms with Crippen molar-refractivity contribution in [2.75, 3.05) is 5.32 Å². The van der Waals surface area contributed by atoms with Crippen LogP contribution in [0.1, 0.15) is 28.9 Å². The molecule has 25 heavy (non-hydrogen) atoms. The lowest BCUT2D eigenvalue weighted by Crippen LogP contribution is -2.24. The zero-order valence-corrected chi connectivity index (χ0v) is 14.9. The molecule has 0 fully saturated rings. The van der Waals surface area contributed by atoms with Crippen molar-refractivity contribution in [3.63, 3.8) is 0 Å². The molecule has 1 aliphatic rings. The molecule has 4 nitrogen and oxygen atoms in total. The quantitative estimate of drug-likeness (QED) is 0.697. The Morgan fingerprint density at radius 3 is 2.84 bits per heavy atom. The van der Waals surface area contributed by atoms with E-state index in [1.165, 1.54) is 18.2 Å². The van der Waals surface area contributed by atoms with E-state index in [0.29, 0.717) is 5.39 Å². The van der Waals surface area contributed by atoms with Crippen LogP contribution in [0, 0.1) is 5.82 Å². The molecule has 0 saturated heterocycles. The Balaban J connectivity index is 1.87. The number of aromatic nitrogens is 1. The van der Waals surface area contributed by atoms with Crippen LogP contribution in [-0.4, -0.2) is 10.5 Å². The zero-order valence-electron chi connectivity index (χ0n) is 13.3. The fraction of sp³-hybridized carbons (Fsp3) is 0.158. The van der Waals surface area contributed by atoms with Crippen molar-refractivity contribution < 1.29 is 9.18 Å². The molecule has 0 unspecified atom stereocenters. The number of anilines is 1. The fourth-order valence-electron chi connectivity index (χ4n) is 3.37. The monoisotopic (exact) mass is 400 g/mol. The summed E-state index contributed by atoms with van der Waals surface area (Å²) in [5.41, 5.74) is 1.65. The Hall–Kier alpha value is -2.47. The van der Waals surface area contributed by atoms with E-state index in [-0.39, 0.29) is 22.7 Å². The molecular formula is C19H14BrFN2O2. The van der Waals surface area contributed by atoms with Crippen LogP contribution in [0.5, 0.6) is 0 Å². The molecule has 1 atom stereocenters. The van der Waals surface area contributed by atoms with Crippen LogP contribution in [-0.2, 0) is 6.42 Å². The molecule has 0 saturated carbocycles. The molecular weight excluding hydrogens is 387 g/mol. The van der Waals surface area contributed by atoms with E-state index in [1.807, 2.05) is 17.6 Å². The molecule has 1 aromatic heterocycles. The molecule has 1 aliphatic heterocycles. The second-order valence-corrected chi connectivity index (χ2v) is 7.14. The highest BCUT2D eigenvalue weighted by Gasteiger charge is 2.25. The Bertz CT molecular complexity index is 1090. The molecule has 126 valence electrons. The van der Waals surface area contributed by atoms with Gasteiger partial charge in [-0.05, 0) is 43.2 Å². The third kappa shape index (κ3) is 2.57. The molecule has 0 radical (unpaired) electrons. The summed E-state index contributed by atoms with van der Waals surface area (Å²) in [7, 11) is 0. The summed E-state index contributed by atoms with van der Waals surface area (Å²) >= 11 is 3.43. The van der Waals surface area contributed by atoms with Crippen LogP contribution in [0.25, 0.3) is 10.9 Å². The maximum atomic E-state index is 13.8. The number of benzene rings is 2. The Labute approximate surface area is 151 Å². The maximum Gasteiger partial charge on any atom is 0.261 e. The number of para-hydroxylation sites is 1. The number of hydrogen-bond acceptors (Lipinski definition) is 2. The van der Waals surface area contributed by atoms with Gasteiger partial charge >= 0.3 is 0 Å². The number of rotatable bonds is 2. The number of amides is 1. The molecule has 1 N–H and O–H groups in total.